The molecule has 2 fully saturated rings. The van der Waals surface area contributed by atoms with Crippen molar-refractivity contribution in [2.75, 3.05) is 71.0 Å². The highest BCUT2D eigenvalue weighted by molar-refractivity contribution is 5.77. The molecular weight excluding hydrogens is 482 g/mol. The summed E-state index contributed by atoms with van der Waals surface area (Å²) in [6, 6.07) is 14.2. The number of para-hydroxylation sites is 1. The maximum Gasteiger partial charge on any atom is 0.248 e. The van der Waals surface area contributed by atoms with Crippen molar-refractivity contribution in [2.45, 2.75) is 44.8 Å². The molecule has 0 aromatic heterocycles. The van der Waals surface area contributed by atoms with E-state index in [1.165, 1.54) is 23.9 Å². The van der Waals surface area contributed by atoms with Gasteiger partial charge in [-0.1, -0.05) is 24.3 Å². The van der Waals surface area contributed by atoms with Gasteiger partial charge in [-0.15, -0.1) is 0 Å². The lowest BCUT2D eigenvalue weighted by Gasteiger charge is -2.43. The van der Waals surface area contributed by atoms with E-state index >= 15 is 0 Å². The number of benzene rings is 2. The number of rotatable bonds is 8. The zero-order valence-electron chi connectivity index (χ0n) is 23.3. The zero-order chi connectivity index (χ0) is 27.3. The second-order valence-corrected chi connectivity index (χ2v) is 11.2. The first kappa shape index (κ1) is 28.4. The van der Waals surface area contributed by atoms with E-state index in [9.17, 15) is 15.0 Å². The highest BCUT2D eigenvalue weighted by Crippen LogP contribution is 2.30. The van der Waals surface area contributed by atoms with Gasteiger partial charge in [0, 0.05) is 52.1 Å². The highest BCUT2D eigenvalue weighted by Gasteiger charge is 2.41. The molecule has 2 aliphatic rings. The van der Waals surface area contributed by atoms with E-state index in [1.807, 2.05) is 38.1 Å². The smallest absolute Gasteiger partial charge is 0.248 e. The van der Waals surface area contributed by atoms with E-state index in [4.69, 9.17) is 9.47 Å². The molecule has 208 valence electrons. The molecule has 2 N–H and O–H groups in total. The van der Waals surface area contributed by atoms with Crippen LogP contribution in [0, 0.1) is 20.8 Å². The van der Waals surface area contributed by atoms with Gasteiger partial charge in [-0.3, -0.25) is 9.69 Å². The van der Waals surface area contributed by atoms with Crippen molar-refractivity contribution >= 4 is 11.6 Å². The summed E-state index contributed by atoms with van der Waals surface area (Å²) in [5.41, 5.74) is 2.59. The molecule has 2 aromatic carbocycles. The molecule has 0 bridgehead atoms. The summed E-state index contributed by atoms with van der Waals surface area (Å²) < 4.78 is 11.1. The molecule has 2 aromatic rings. The van der Waals surface area contributed by atoms with Crippen LogP contribution in [0.25, 0.3) is 0 Å². The molecule has 0 unspecified atom stereocenters. The van der Waals surface area contributed by atoms with Crippen LogP contribution in [0.4, 0.5) is 5.69 Å². The molecule has 1 amide bonds. The average Bonchev–Trinajstić information content (AvgIpc) is 3.04. The quantitative estimate of drug-likeness (QED) is 0.548. The van der Waals surface area contributed by atoms with Gasteiger partial charge in [-0.2, -0.15) is 0 Å². The molecule has 2 saturated heterocycles. The Bertz CT molecular complexity index is 1100. The number of hydrogen-bond acceptors (Lipinski definition) is 7. The van der Waals surface area contributed by atoms with E-state index in [-0.39, 0.29) is 25.7 Å². The van der Waals surface area contributed by atoms with Crippen molar-refractivity contribution in [3.05, 3.63) is 59.2 Å². The Kier molecular flexibility index (Phi) is 8.98. The van der Waals surface area contributed by atoms with E-state index in [0.717, 1.165) is 18.7 Å². The first-order valence-electron chi connectivity index (χ1n) is 13.5. The fraction of sp³-hybridized carbons (Fsp3) is 0.567. The first-order valence-corrected chi connectivity index (χ1v) is 13.5. The van der Waals surface area contributed by atoms with Crippen LogP contribution in [0.2, 0.25) is 0 Å². The number of anilines is 1. The maximum absolute atomic E-state index is 12.7. The van der Waals surface area contributed by atoms with Crippen LogP contribution in [-0.2, 0) is 9.53 Å². The van der Waals surface area contributed by atoms with E-state index < -0.39 is 11.2 Å². The molecule has 8 nitrogen and oxygen atoms in total. The van der Waals surface area contributed by atoms with Crippen LogP contribution >= 0.6 is 0 Å². The Balaban J connectivity index is 1.44. The Morgan fingerprint density at radius 3 is 2.32 bits per heavy atom. The summed E-state index contributed by atoms with van der Waals surface area (Å²) in [5.74, 6) is 0.526. The van der Waals surface area contributed by atoms with Gasteiger partial charge in [-0.05, 0) is 68.5 Å². The second-order valence-electron chi connectivity index (χ2n) is 11.2. The van der Waals surface area contributed by atoms with Crippen LogP contribution in [0.3, 0.4) is 0 Å². The Labute approximate surface area is 226 Å². The van der Waals surface area contributed by atoms with Crippen LogP contribution in [0.5, 0.6) is 5.75 Å². The third-order valence-electron chi connectivity index (χ3n) is 7.96. The molecule has 2 aliphatic heterocycles. The van der Waals surface area contributed by atoms with Crippen LogP contribution in [0.15, 0.2) is 42.5 Å². The fourth-order valence-electron chi connectivity index (χ4n) is 5.57. The summed E-state index contributed by atoms with van der Waals surface area (Å²) in [5, 5.41) is 23.3. The molecular formula is C30H43N3O5. The minimum absolute atomic E-state index is 0.0350. The predicted molar refractivity (Wildman–Crippen MR) is 149 cm³/mol. The van der Waals surface area contributed by atoms with Crippen molar-refractivity contribution in [1.29, 1.82) is 0 Å². The maximum atomic E-state index is 12.7. The van der Waals surface area contributed by atoms with Gasteiger partial charge in [-0.25, -0.2) is 0 Å². The van der Waals surface area contributed by atoms with E-state index in [1.54, 1.807) is 4.90 Å². The van der Waals surface area contributed by atoms with Gasteiger partial charge in [0.15, 0.2) is 0 Å². The minimum atomic E-state index is -1.29. The predicted octanol–water partition coefficient (Wildman–Crippen LogP) is 2.54. The summed E-state index contributed by atoms with van der Waals surface area (Å²) in [7, 11) is 1.50. The van der Waals surface area contributed by atoms with Crippen molar-refractivity contribution in [3.8, 4) is 5.75 Å². The van der Waals surface area contributed by atoms with Gasteiger partial charge in [0.1, 0.15) is 24.6 Å². The van der Waals surface area contributed by atoms with E-state index in [2.05, 4.69) is 34.9 Å². The number of carbonyl (C=O) groups excluding carboxylic acids is 1. The second kappa shape index (κ2) is 12.0. The minimum Gasteiger partial charge on any atom is -0.490 e. The molecule has 8 heteroatoms. The number of methoxy groups -OCH3 is 1. The average molecular weight is 526 g/mol. The Hall–Kier alpha value is -2.65. The number of nitrogens with zero attached hydrogens (tertiary/aromatic N) is 3. The summed E-state index contributed by atoms with van der Waals surface area (Å²) >= 11 is 0. The lowest BCUT2D eigenvalue weighted by atomic mass is 9.89. The van der Waals surface area contributed by atoms with Gasteiger partial charge in [0.05, 0.1) is 12.1 Å². The molecule has 4 rings (SSSR count). The molecule has 0 saturated carbocycles. The van der Waals surface area contributed by atoms with Crippen LogP contribution in [0.1, 0.15) is 29.5 Å². The van der Waals surface area contributed by atoms with Gasteiger partial charge in [0.25, 0.3) is 0 Å². The van der Waals surface area contributed by atoms with E-state index in [0.29, 0.717) is 44.8 Å². The largest absolute Gasteiger partial charge is 0.490 e. The SMILES string of the molecule is COCC(=O)N1CCN(CC2(O)CCN(c3ccccc3C)CC2)C[C@](O)(COc2ccc(C)c(C)c2)C1. The Morgan fingerprint density at radius 2 is 1.63 bits per heavy atom. The number of aliphatic hydroxyl groups is 2. The van der Waals surface area contributed by atoms with Crippen LogP contribution in [-0.4, -0.2) is 103 Å². The van der Waals surface area contributed by atoms with Gasteiger partial charge >= 0.3 is 0 Å². The van der Waals surface area contributed by atoms with Crippen molar-refractivity contribution < 1.29 is 24.5 Å². The normalized spacial score (nSPS) is 22.3. The number of ether oxygens (including phenoxy) is 2. The lowest BCUT2D eigenvalue weighted by Crippen LogP contribution is -2.56. The number of piperidine rings is 1. The number of amides is 1. The first-order chi connectivity index (χ1) is 18.1. The molecule has 0 spiro atoms. The van der Waals surface area contributed by atoms with Crippen molar-refractivity contribution in [3.63, 3.8) is 0 Å². The molecule has 38 heavy (non-hydrogen) atoms. The number of β-amino-alcohol motifs (C(OH)–C–C–N with tert-alkyl or cyclic N) is 2. The van der Waals surface area contributed by atoms with Crippen LogP contribution < -0.4 is 9.64 Å². The summed E-state index contributed by atoms with van der Waals surface area (Å²) in [6.07, 6.45) is 1.28. The Morgan fingerprint density at radius 1 is 0.895 bits per heavy atom. The third kappa shape index (κ3) is 7.05. The van der Waals surface area contributed by atoms with Crippen molar-refractivity contribution in [1.82, 2.24) is 9.80 Å². The topological polar surface area (TPSA) is 85.7 Å². The number of hydrogen-bond donors (Lipinski definition) is 2. The fourth-order valence-corrected chi connectivity index (χ4v) is 5.57. The monoisotopic (exact) mass is 525 g/mol. The lowest BCUT2D eigenvalue weighted by molar-refractivity contribution is -0.138. The molecule has 0 radical (unpaired) electrons. The third-order valence-corrected chi connectivity index (χ3v) is 7.96. The summed E-state index contributed by atoms with van der Waals surface area (Å²) in [4.78, 5) is 18.8. The van der Waals surface area contributed by atoms with Crippen molar-refractivity contribution in [2.24, 2.45) is 0 Å². The molecule has 0 aliphatic carbocycles. The standard InChI is InChI=1S/C30H43N3O5/c1-23-9-10-26(17-25(23)3)38-22-30(36)20-31(15-16-33(21-30)28(34)18-37-4)19-29(35)11-13-32(14-12-29)27-8-6-5-7-24(27)2/h5-10,17,35-36H,11-16,18-22H2,1-4H3/t30-/m1/s1. The zero-order valence-corrected chi connectivity index (χ0v) is 23.3. The number of carbonyl (C=O) groups is 1. The number of aryl methyl sites for hydroxylation is 3. The van der Waals surface area contributed by atoms with Gasteiger partial charge in [0.2, 0.25) is 5.91 Å². The van der Waals surface area contributed by atoms with Gasteiger partial charge < -0.3 is 29.5 Å². The summed E-state index contributed by atoms with van der Waals surface area (Å²) in [6.45, 7) is 9.65. The molecule has 1 atom stereocenters. The highest BCUT2D eigenvalue weighted by atomic mass is 16.5. The molecule has 2 heterocycles.